The molecule has 3 fully saturated rings. The summed E-state index contributed by atoms with van der Waals surface area (Å²) in [5.74, 6) is 0.884. The summed E-state index contributed by atoms with van der Waals surface area (Å²) in [6.45, 7) is 0. The van der Waals surface area contributed by atoms with Crippen molar-refractivity contribution in [1.29, 1.82) is 0 Å². The van der Waals surface area contributed by atoms with Gasteiger partial charge in [0.25, 0.3) is 0 Å². The van der Waals surface area contributed by atoms with Gasteiger partial charge in [0.1, 0.15) is 0 Å². The summed E-state index contributed by atoms with van der Waals surface area (Å²) in [6, 6.07) is 14.1. The van der Waals surface area contributed by atoms with Gasteiger partial charge in [0.2, 0.25) is 0 Å². The number of benzene rings is 1. The Bertz CT molecular complexity index is 870. The Labute approximate surface area is 225 Å². The summed E-state index contributed by atoms with van der Waals surface area (Å²) in [6.07, 6.45) is 27.9. The van der Waals surface area contributed by atoms with Crippen LogP contribution in [0.4, 0.5) is 0 Å². The van der Waals surface area contributed by atoms with E-state index in [2.05, 4.69) is 61.0 Å². The SMILES string of the molecule is C1=CCC2CC[CH-]C2=C1.[Cl][Ti][Cl].c1ccc2[cH-]c(P(C3CCCCC3)C3CCCCC3)cc2c1. The molecule has 2 aromatic rings. The van der Waals surface area contributed by atoms with Gasteiger partial charge in [-0.1, -0.05) is 58.9 Å². The Hall–Kier alpha value is -0.0957. The third-order valence-corrected chi connectivity index (χ3v) is 11.5. The molecular weight excluding hydrogens is 510 g/mol. The van der Waals surface area contributed by atoms with Crippen molar-refractivity contribution in [3.8, 4) is 0 Å². The molecule has 3 saturated carbocycles. The average molecular weight is 549 g/mol. The summed E-state index contributed by atoms with van der Waals surface area (Å²) >= 11 is -0.556. The zero-order valence-corrected chi connectivity index (χ0v) is 24.4. The van der Waals surface area contributed by atoms with E-state index in [0.717, 1.165) is 17.2 Å². The molecule has 34 heavy (non-hydrogen) atoms. The Morgan fingerprint density at radius 3 is 2.12 bits per heavy atom. The Morgan fingerprint density at radius 2 is 1.50 bits per heavy atom. The van der Waals surface area contributed by atoms with Gasteiger partial charge in [-0.25, -0.2) is 18.1 Å². The summed E-state index contributed by atoms with van der Waals surface area (Å²) in [4.78, 5) is 0. The topological polar surface area (TPSA) is 0 Å². The van der Waals surface area contributed by atoms with Crippen LogP contribution in [0.3, 0.4) is 0 Å². The van der Waals surface area contributed by atoms with Gasteiger partial charge in [-0.3, -0.25) is 0 Å². The third-order valence-electron chi connectivity index (χ3n) is 8.05. The first-order valence-electron chi connectivity index (χ1n) is 13.4. The summed E-state index contributed by atoms with van der Waals surface area (Å²) in [5, 5.41) is 4.67. The van der Waals surface area contributed by atoms with Crippen molar-refractivity contribution in [3.63, 3.8) is 0 Å². The van der Waals surface area contributed by atoms with Crippen LogP contribution in [-0.4, -0.2) is 11.3 Å². The van der Waals surface area contributed by atoms with Gasteiger partial charge >= 0.3 is 35.6 Å². The molecule has 6 rings (SSSR count). The van der Waals surface area contributed by atoms with Crippen LogP contribution in [0.5, 0.6) is 0 Å². The molecular formula is C30H39Cl2PTi-2. The Kier molecular flexibility index (Phi) is 11.6. The zero-order valence-electron chi connectivity index (χ0n) is 20.4. The van der Waals surface area contributed by atoms with Crippen LogP contribution in [0.15, 0.2) is 60.2 Å². The summed E-state index contributed by atoms with van der Waals surface area (Å²) in [5.41, 5.74) is 3.62. The first-order valence-corrected chi connectivity index (χ1v) is 19.2. The van der Waals surface area contributed by atoms with Crippen LogP contribution in [0, 0.1) is 12.3 Å². The molecule has 0 nitrogen and oxygen atoms in total. The van der Waals surface area contributed by atoms with E-state index in [-0.39, 0.29) is 7.92 Å². The van der Waals surface area contributed by atoms with Gasteiger partial charge in [0.15, 0.2) is 0 Å². The summed E-state index contributed by atoms with van der Waals surface area (Å²) < 4.78 is 0. The molecule has 0 amide bonds. The quantitative estimate of drug-likeness (QED) is 0.203. The maximum atomic E-state index is 4.89. The molecule has 0 N–H and O–H groups in total. The molecule has 1 atom stereocenters. The maximum Gasteiger partial charge on any atom is -0.0181 e. The van der Waals surface area contributed by atoms with Crippen molar-refractivity contribution in [3.05, 3.63) is 66.6 Å². The van der Waals surface area contributed by atoms with E-state index in [1.807, 2.05) is 0 Å². The molecule has 0 radical (unpaired) electrons. The fourth-order valence-corrected chi connectivity index (χ4v) is 10.2. The minimum atomic E-state index is -0.556. The zero-order chi connectivity index (χ0) is 23.6. The third kappa shape index (κ3) is 7.46. The molecule has 2 aromatic carbocycles. The standard InChI is InChI=1S/C21H28P.C9H11.2ClH.Ti/c1-3-11-19(12-4-1)22(20-13-5-2-6-14-20)21-15-17-9-7-8-10-18(17)16-21;1-2-5-9-7-3-6-8(9)4-1;;;/h7-10,15-16,19-20H,1-6,11-14H2;1-2,4,6,9H,3,5,7H2;2*1H;/q2*-1;;;+2/p-2. The van der Waals surface area contributed by atoms with E-state index in [9.17, 15) is 0 Å². The smallest absolute Gasteiger partial charge is 0.0181 e. The molecule has 4 aliphatic rings. The van der Waals surface area contributed by atoms with Crippen molar-refractivity contribution in [2.75, 3.05) is 0 Å². The number of hydrogen-bond donors (Lipinski definition) is 0. The monoisotopic (exact) mass is 548 g/mol. The molecule has 0 aliphatic heterocycles. The number of fused-ring (bicyclic) bond motifs is 2. The first kappa shape index (κ1) is 27.0. The van der Waals surface area contributed by atoms with Gasteiger partial charge in [-0.2, -0.15) is 6.07 Å². The molecule has 0 aromatic heterocycles. The van der Waals surface area contributed by atoms with Crippen molar-refractivity contribution >= 4 is 42.6 Å². The first-order chi connectivity index (χ1) is 16.8. The van der Waals surface area contributed by atoms with E-state index in [1.54, 1.807) is 10.9 Å². The number of allylic oxidation sites excluding steroid dienone is 4. The fourth-order valence-electron chi connectivity index (χ4n) is 6.39. The van der Waals surface area contributed by atoms with Gasteiger partial charge in [0.05, 0.1) is 0 Å². The number of halogens is 2. The Morgan fingerprint density at radius 1 is 0.853 bits per heavy atom. The molecule has 0 saturated heterocycles. The van der Waals surface area contributed by atoms with Crippen LogP contribution in [0.25, 0.3) is 10.8 Å². The largest absolute Gasteiger partial charge is 0.161 e. The molecule has 4 heteroatoms. The van der Waals surface area contributed by atoms with Crippen LogP contribution in [0.1, 0.15) is 83.5 Å². The van der Waals surface area contributed by atoms with Crippen LogP contribution in [-0.2, 0) is 17.0 Å². The van der Waals surface area contributed by atoms with Crippen molar-refractivity contribution in [1.82, 2.24) is 0 Å². The van der Waals surface area contributed by atoms with E-state index in [4.69, 9.17) is 18.6 Å². The molecule has 0 spiro atoms. The minimum Gasteiger partial charge on any atom is -0.161 e. The summed E-state index contributed by atoms with van der Waals surface area (Å²) in [7, 11) is 9.84. The van der Waals surface area contributed by atoms with Gasteiger partial charge in [-0.15, -0.1) is 58.9 Å². The number of hydrogen-bond acceptors (Lipinski definition) is 0. The van der Waals surface area contributed by atoms with Crippen molar-refractivity contribution < 1.29 is 17.0 Å². The maximum absolute atomic E-state index is 4.89. The van der Waals surface area contributed by atoms with Crippen molar-refractivity contribution in [2.45, 2.75) is 94.8 Å². The second kappa shape index (κ2) is 14.6. The van der Waals surface area contributed by atoms with Crippen LogP contribution in [0.2, 0.25) is 0 Å². The van der Waals surface area contributed by atoms with E-state index >= 15 is 0 Å². The van der Waals surface area contributed by atoms with Crippen LogP contribution < -0.4 is 5.30 Å². The fraction of sp³-hybridized carbons (Fsp3) is 0.533. The number of rotatable bonds is 3. The van der Waals surface area contributed by atoms with Gasteiger partial charge < -0.3 is 0 Å². The van der Waals surface area contributed by atoms with Gasteiger partial charge in [0, 0.05) is 0 Å². The average Bonchev–Trinajstić information content (AvgIpc) is 3.53. The second-order valence-electron chi connectivity index (χ2n) is 10.2. The van der Waals surface area contributed by atoms with E-state index in [0.29, 0.717) is 0 Å². The molecule has 4 aliphatic carbocycles. The molecule has 0 bridgehead atoms. The molecule has 0 heterocycles. The van der Waals surface area contributed by atoms with E-state index < -0.39 is 17.0 Å². The molecule has 1 unspecified atom stereocenters. The predicted octanol–water partition coefficient (Wildman–Crippen LogP) is 10.2. The van der Waals surface area contributed by atoms with Gasteiger partial charge in [-0.05, 0) is 49.3 Å². The van der Waals surface area contributed by atoms with Crippen LogP contribution >= 0.6 is 26.5 Å². The molecule has 184 valence electrons. The normalized spacial score (nSPS) is 22.7. The predicted molar refractivity (Wildman–Crippen MR) is 150 cm³/mol. The Balaban J connectivity index is 0.000000189. The van der Waals surface area contributed by atoms with Crippen molar-refractivity contribution in [2.24, 2.45) is 5.92 Å². The van der Waals surface area contributed by atoms with E-state index in [1.165, 1.54) is 94.2 Å². The second-order valence-corrected chi connectivity index (χ2v) is 15.6. The minimum absolute atomic E-state index is 0.0611.